The predicted molar refractivity (Wildman–Crippen MR) is 48.7 cm³/mol. The van der Waals surface area contributed by atoms with Crippen LogP contribution in [0.3, 0.4) is 0 Å². The molecule has 3 heterocycles. The van der Waals surface area contributed by atoms with Crippen molar-refractivity contribution in [3.05, 3.63) is 11.8 Å². The first-order valence-electron chi connectivity index (χ1n) is 5.41. The number of rotatable bonds is 1. The summed E-state index contributed by atoms with van der Waals surface area (Å²) in [6, 6.07) is 0. The normalized spacial score (nSPS) is 54.1. The molecule has 4 nitrogen and oxygen atoms in total. The Labute approximate surface area is 87.2 Å². The van der Waals surface area contributed by atoms with Crippen LogP contribution in [0.1, 0.15) is 6.92 Å². The fourth-order valence-electron chi connectivity index (χ4n) is 3.42. The molecule has 0 N–H and O–H groups in total. The second-order valence-electron chi connectivity index (χ2n) is 4.80. The van der Waals surface area contributed by atoms with E-state index in [1.165, 1.54) is 0 Å². The van der Waals surface area contributed by atoms with Crippen molar-refractivity contribution in [2.75, 3.05) is 6.61 Å². The minimum absolute atomic E-state index is 0.0975. The van der Waals surface area contributed by atoms with Gasteiger partial charge < -0.3 is 14.2 Å². The van der Waals surface area contributed by atoms with Crippen molar-refractivity contribution in [3.63, 3.8) is 0 Å². The quantitative estimate of drug-likeness (QED) is 0.588. The molecule has 15 heavy (non-hydrogen) atoms. The van der Waals surface area contributed by atoms with E-state index in [0.717, 1.165) is 5.57 Å². The molecule has 0 bridgehead atoms. The van der Waals surface area contributed by atoms with Crippen molar-refractivity contribution in [2.45, 2.75) is 25.4 Å². The summed E-state index contributed by atoms with van der Waals surface area (Å²) in [4.78, 5) is 11.5. The molecule has 3 fully saturated rings. The number of carbonyl (C=O) groups excluding carboxylic acids is 1. The van der Waals surface area contributed by atoms with E-state index in [1.54, 1.807) is 13.2 Å². The van der Waals surface area contributed by atoms with E-state index < -0.39 is 0 Å². The monoisotopic (exact) mass is 208 g/mol. The summed E-state index contributed by atoms with van der Waals surface area (Å²) in [6.07, 6.45) is 2.01. The number of epoxide rings is 1. The average molecular weight is 208 g/mol. The van der Waals surface area contributed by atoms with E-state index in [4.69, 9.17) is 14.2 Å². The summed E-state index contributed by atoms with van der Waals surface area (Å²) >= 11 is 0. The molecule has 80 valence electrons. The van der Waals surface area contributed by atoms with Crippen LogP contribution in [0.2, 0.25) is 0 Å². The molecular weight excluding hydrogens is 196 g/mol. The van der Waals surface area contributed by atoms with E-state index >= 15 is 0 Å². The Bertz CT molecular complexity index is 375. The van der Waals surface area contributed by atoms with Crippen LogP contribution in [0.15, 0.2) is 11.8 Å². The van der Waals surface area contributed by atoms with Gasteiger partial charge in [-0.2, -0.15) is 0 Å². The first-order chi connectivity index (χ1) is 7.27. The van der Waals surface area contributed by atoms with Crippen LogP contribution in [0.4, 0.5) is 0 Å². The number of hydrogen-bond donors (Lipinski definition) is 0. The first-order valence-corrected chi connectivity index (χ1v) is 5.41. The van der Waals surface area contributed by atoms with Gasteiger partial charge in [0.1, 0.15) is 0 Å². The third kappa shape index (κ3) is 0.874. The standard InChI is InChI=1S/C11H12O4/c1-4(12)5-2-13-11-8-6(3-14-11)9-10(15-9)7(5)8/h2,6-11H,3H2,1H3/t6-,7+,8+,9+,10-,11+/m0/s1. The Hall–Kier alpha value is -0.870. The summed E-state index contributed by atoms with van der Waals surface area (Å²) in [7, 11) is 0. The van der Waals surface area contributed by atoms with Gasteiger partial charge >= 0.3 is 0 Å². The molecule has 1 aliphatic carbocycles. The van der Waals surface area contributed by atoms with Gasteiger partial charge in [-0.25, -0.2) is 0 Å². The van der Waals surface area contributed by atoms with Crippen LogP contribution in [-0.2, 0) is 19.0 Å². The van der Waals surface area contributed by atoms with Gasteiger partial charge in [-0.15, -0.1) is 0 Å². The Morgan fingerprint density at radius 1 is 1.47 bits per heavy atom. The molecule has 0 amide bonds. The molecule has 0 aromatic carbocycles. The van der Waals surface area contributed by atoms with Crippen LogP contribution in [0.5, 0.6) is 0 Å². The molecule has 4 rings (SSSR count). The highest BCUT2D eigenvalue weighted by atomic mass is 16.7. The van der Waals surface area contributed by atoms with Gasteiger partial charge in [0, 0.05) is 23.3 Å². The van der Waals surface area contributed by atoms with Crippen LogP contribution in [0.25, 0.3) is 0 Å². The second kappa shape index (κ2) is 2.44. The SMILES string of the molecule is CC(=O)C1=CO[C@@H]2OC[C@@H]3[C@H]4O[C@H]4[C@H]1[C@H]23. The van der Waals surface area contributed by atoms with Crippen molar-refractivity contribution in [1.29, 1.82) is 0 Å². The third-order valence-electron chi connectivity index (χ3n) is 4.11. The number of Topliss-reactive ketones (excluding diaryl/α,β-unsaturated/α-hetero) is 1. The maximum absolute atomic E-state index is 11.5. The lowest BCUT2D eigenvalue weighted by molar-refractivity contribution is -0.124. The molecule has 0 aromatic rings. The second-order valence-corrected chi connectivity index (χ2v) is 4.80. The van der Waals surface area contributed by atoms with Gasteiger partial charge in [-0.05, 0) is 6.92 Å². The highest BCUT2D eigenvalue weighted by molar-refractivity contribution is 5.94. The Morgan fingerprint density at radius 2 is 2.33 bits per heavy atom. The van der Waals surface area contributed by atoms with E-state index in [9.17, 15) is 4.79 Å². The average Bonchev–Trinajstić information content (AvgIpc) is 2.78. The summed E-state index contributed by atoms with van der Waals surface area (Å²) in [5.41, 5.74) is 0.789. The Morgan fingerprint density at radius 3 is 3.13 bits per heavy atom. The molecular formula is C11H12O4. The molecule has 0 radical (unpaired) electrons. The number of hydrogen-bond acceptors (Lipinski definition) is 4. The van der Waals surface area contributed by atoms with Crippen LogP contribution >= 0.6 is 0 Å². The molecule has 0 aromatic heterocycles. The Balaban J connectivity index is 1.79. The fourth-order valence-corrected chi connectivity index (χ4v) is 3.42. The minimum Gasteiger partial charge on any atom is -0.472 e. The first kappa shape index (κ1) is 8.30. The Kier molecular flexibility index (Phi) is 1.35. The third-order valence-corrected chi connectivity index (χ3v) is 4.11. The maximum Gasteiger partial charge on any atom is 0.202 e. The number of ketones is 1. The summed E-state index contributed by atoms with van der Waals surface area (Å²) < 4.78 is 16.6. The minimum atomic E-state index is -0.139. The van der Waals surface area contributed by atoms with Crippen molar-refractivity contribution < 1.29 is 19.0 Å². The van der Waals surface area contributed by atoms with Crippen molar-refractivity contribution >= 4 is 5.78 Å². The molecule has 6 atom stereocenters. The summed E-state index contributed by atoms with van der Waals surface area (Å²) in [5.74, 6) is 1.10. The van der Waals surface area contributed by atoms with Crippen LogP contribution < -0.4 is 0 Å². The highest BCUT2D eigenvalue weighted by Gasteiger charge is 2.68. The van der Waals surface area contributed by atoms with Crippen molar-refractivity contribution in [2.24, 2.45) is 17.8 Å². The molecule has 4 heteroatoms. The summed E-state index contributed by atoms with van der Waals surface area (Å²) in [5, 5.41) is 0. The lowest BCUT2D eigenvalue weighted by atomic mass is 9.82. The number of fused-ring (bicyclic) bond motifs is 3. The lowest BCUT2D eigenvalue weighted by Gasteiger charge is -2.30. The lowest BCUT2D eigenvalue weighted by Crippen LogP contribution is -2.35. The maximum atomic E-state index is 11.5. The molecule has 4 aliphatic rings. The zero-order valence-corrected chi connectivity index (χ0v) is 8.38. The van der Waals surface area contributed by atoms with E-state index in [1.807, 2.05) is 0 Å². The van der Waals surface area contributed by atoms with Crippen LogP contribution in [-0.4, -0.2) is 30.9 Å². The largest absolute Gasteiger partial charge is 0.472 e. The van der Waals surface area contributed by atoms with Gasteiger partial charge in [0.05, 0.1) is 25.1 Å². The van der Waals surface area contributed by atoms with E-state index in [-0.39, 0.29) is 24.1 Å². The van der Waals surface area contributed by atoms with Crippen molar-refractivity contribution in [1.82, 2.24) is 0 Å². The topological polar surface area (TPSA) is 48.1 Å². The van der Waals surface area contributed by atoms with Crippen molar-refractivity contribution in [3.8, 4) is 0 Å². The fraction of sp³-hybridized carbons (Fsp3) is 0.727. The highest BCUT2D eigenvalue weighted by Crippen LogP contribution is 2.59. The molecule has 2 saturated heterocycles. The molecule has 0 spiro atoms. The smallest absolute Gasteiger partial charge is 0.202 e. The van der Waals surface area contributed by atoms with E-state index in [2.05, 4.69) is 0 Å². The van der Waals surface area contributed by atoms with E-state index in [0.29, 0.717) is 24.5 Å². The molecule has 1 saturated carbocycles. The van der Waals surface area contributed by atoms with Gasteiger partial charge in [-0.1, -0.05) is 0 Å². The van der Waals surface area contributed by atoms with Gasteiger partial charge in [0.2, 0.25) is 6.29 Å². The predicted octanol–water partition coefficient (Wildman–Crippen LogP) is 0.475. The summed E-state index contributed by atoms with van der Waals surface area (Å²) in [6.45, 7) is 2.31. The number of ether oxygens (including phenoxy) is 3. The number of carbonyl (C=O) groups is 1. The van der Waals surface area contributed by atoms with Gasteiger partial charge in [-0.3, -0.25) is 4.79 Å². The van der Waals surface area contributed by atoms with Gasteiger partial charge in [0.25, 0.3) is 0 Å². The molecule has 3 aliphatic heterocycles. The zero-order chi connectivity index (χ0) is 10.2. The molecule has 0 unspecified atom stereocenters. The van der Waals surface area contributed by atoms with Crippen LogP contribution in [0, 0.1) is 17.8 Å². The van der Waals surface area contributed by atoms with Gasteiger partial charge in [0.15, 0.2) is 5.78 Å². The zero-order valence-electron chi connectivity index (χ0n) is 8.38.